The number of nitrogens with zero attached hydrogens (tertiary/aromatic N) is 2. The van der Waals surface area contributed by atoms with Crippen molar-refractivity contribution in [3.63, 3.8) is 0 Å². The second-order valence-electron chi connectivity index (χ2n) is 5.19. The molecule has 0 aliphatic heterocycles. The second-order valence-corrected chi connectivity index (χ2v) is 8.10. The fourth-order valence-electron chi connectivity index (χ4n) is 2.17. The minimum absolute atomic E-state index is 0.0525. The fourth-order valence-corrected chi connectivity index (χ4v) is 4.61. The second kappa shape index (κ2) is 8.36. The van der Waals surface area contributed by atoms with Crippen LogP contribution in [0.2, 0.25) is 0 Å². The van der Waals surface area contributed by atoms with Gasteiger partial charge in [-0.1, -0.05) is 37.3 Å². The maximum atomic E-state index is 12.7. The van der Waals surface area contributed by atoms with Gasteiger partial charge in [0.15, 0.2) is 5.69 Å². The number of rotatable bonds is 8. The fraction of sp³-hybridized carbons (Fsp3) is 0.375. The zero-order valence-corrected chi connectivity index (χ0v) is 15.3. The smallest absolute Gasteiger partial charge is 0.357 e. The summed E-state index contributed by atoms with van der Waals surface area (Å²) < 4.78 is 31.4. The molecule has 0 aliphatic rings. The van der Waals surface area contributed by atoms with Crippen molar-refractivity contribution in [1.82, 2.24) is 9.29 Å². The Hall–Kier alpha value is -1.77. The van der Waals surface area contributed by atoms with Crippen LogP contribution in [0.5, 0.6) is 0 Å². The minimum Gasteiger partial charge on any atom is -0.464 e. The first-order valence-corrected chi connectivity index (χ1v) is 9.99. The van der Waals surface area contributed by atoms with Gasteiger partial charge in [-0.05, 0) is 12.0 Å². The van der Waals surface area contributed by atoms with Gasteiger partial charge in [0.25, 0.3) is 0 Å². The highest BCUT2D eigenvalue weighted by atomic mass is 32.2. The van der Waals surface area contributed by atoms with E-state index in [2.05, 4.69) is 9.72 Å². The molecule has 8 heteroatoms. The van der Waals surface area contributed by atoms with Gasteiger partial charge in [0, 0.05) is 11.9 Å². The quantitative estimate of drug-likeness (QED) is 0.670. The summed E-state index contributed by atoms with van der Waals surface area (Å²) >= 11 is 1.25. The van der Waals surface area contributed by atoms with Crippen LogP contribution in [0.1, 0.15) is 34.4 Å². The molecule has 0 spiro atoms. The molecule has 0 atom stereocenters. The average molecular weight is 368 g/mol. The molecule has 1 aromatic heterocycles. The van der Waals surface area contributed by atoms with E-state index >= 15 is 0 Å². The summed E-state index contributed by atoms with van der Waals surface area (Å²) in [4.78, 5) is 15.6. The zero-order chi connectivity index (χ0) is 17.6. The first-order valence-electron chi connectivity index (χ1n) is 7.50. The van der Waals surface area contributed by atoms with Crippen LogP contribution in [-0.2, 0) is 27.1 Å². The van der Waals surface area contributed by atoms with Crippen LogP contribution >= 0.6 is 11.3 Å². The van der Waals surface area contributed by atoms with E-state index in [0.717, 1.165) is 5.56 Å². The van der Waals surface area contributed by atoms with Crippen LogP contribution in [0.4, 0.5) is 0 Å². The van der Waals surface area contributed by atoms with Crippen molar-refractivity contribution in [2.75, 3.05) is 13.7 Å². The van der Waals surface area contributed by atoms with Crippen molar-refractivity contribution in [2.45, 2.75) is 25.6 Å². The molecule has 0 radical (unpaired) electrons. The molecule has 1 aromatic carbocycles. The van der Waals surface area contributed by atoms with Gasteiger partial charge in [-0.25, -0.2) is 18.2 Å². The predicted molar refractivity (Wildman–Crippen MR) is 93.2 cm³/mol. The third-order valence-corrected chi connectivity index (χ3v) is 5.95. The van der Waals surface area contributed by atoms with Gasteiger partial charge in [-0.3, -0.25) is 0 Å². The molecule has 0 aliphatic carbocycles. The number of sulfonamides is 1. The molecule has 0 unspecified atom stereocenters. The Morgan fingerprint density at radius 2 is 2.00 bits per heavy atom. The van der Waals surface area contributed by atoms with Gasteiger partial charge < -0.3 is 4.74 Å². The van der Waals surface area contributed by atoms with Crippen molar-refractivity contribution in [1.29, 1.82) is 0 Å². The van der Waals surface area contributed by atoms with Gasteiger partial charge in [-0.15, -0.1) is 11.3 Å². The number of hydrogen-bond acceptors (Lipinski definition) is 6. The van der Waals surface area contributed by atoms with E-state index in [0.29, 0.717) is 18.0 Å². The number of carbonyl (C=O) groups is 1. The van der Waals surface area contributed by atoms with Crippen LogP contribution < -0.4 is 0 Å². The zero-order valence-electron chi connectivity index (χ0n) is 13.6. The van der Waals surface area contributed by atoms with E-state index < -0.39 is 16.0 Å². The lowest BCUT2D eigenvalue weighted by molar-refractivity contribution is 0.0594. The summed E-state index contributed by atoms with van der Waals surface area (Å²) in [6.07, 6.45) is 0.698. The Bertz CT molecular complexity index is 772. The molecule has 2 aromatic rings. The molecule has 130 valence electrons. The van der Waals surface area contributed by atoms with Gasteiger partial charge >= 0.3 is 5.97 Å². The summed E-state index contributed by atoms with van der Waals surface area (Å²) in [5.74, 6) is -0.574. The maximum absolute atomic E-state index is 12.7. The number of esters is 1. The van der Waals surface area contributed by atoms with Gasteiger partial charge in [0.2, 0.25) is 10.0 Å². The number of thiazole rings is 1. The van der Waals surface area contributed by atoms with Crippen LogP contribution in [0, 0.1) is 0 Å². The first kappa shape index (κ1) is 18.6. The largest absolute Gasteiger partial charge is 0.464 e. The molecule has 2 rings (SSSR count). The Kier molecular flexibility index (Phi) is 6.47. The lowest BCUT2D eigenvalue weighted by Gasteiger charge is -2.20. The highest BCUT2D eigenvalue weighted by molar-refractivity contribution is 7.88. The normalized spacial score (nSPS) is 11.6. The number of ether oxygens (including phenoxy) is 1. The summed E-state index contributed by atoms with van der Waals surface area (Å²) in [7, 11) is -2.18. The summed E-state index contributed by atoms with van der Waals surface area (Å²) in [5, 5.41) is 2.15. The molecular formula is C16H20N2O4S2. The third kappa shape index (κ3) is 4.86. The van der Waals surface area contributed by atoms with Crippen LogP contribution in [-0.4, -0.2) is 37.3 Å². The number of carbonyl (C=O) groups excluding carboxylic acids is 1. The minimum atomic E-state index is -3.47. The summed E-state index contributed by atoms with van der Waals surface area (Å²) in [6, 6.07) is 9.07. The van der Waals surface area contributed by atoms with Crippen molar-refractivity contribution >= 4 is 27.3 Å². The number of hydrogen-bond donors (Lipinski definition) is 0. The maximum Gasteiger partial charge on any atom is 0.357 e. The molecular weight excluding hydrogens is 348 g/mol. The van der Waals surface area contributed by atoms with E-state index in [-0.39, 0.29) is 18.0 Å². The first-order chi connectivity index (χ1) is 11.5. The number of methoxy groups -OCH3 is 1. The molecule has 0 bridgehead atoms. The van der Waals surface area contributed by atoms with E-state index in [1.807, 2.05) is 25.1 Å². The van der Waals surface area contributed by atoms with Gasteiger partial charge in [-0.2, -0.15) is 4.31 Å². The molecule has 0 N–H and O–H groups in total. The van der Waals surface area contributed by atoms with Crippen molar-refractivity contribution in [3.05, 3.63) is 52.0 Å². The summed E-state index contributed by atoms with van der Waals surface area (Å²) in [6.45, 7) is 2.49. The lowest BCUT2D eigenvalue weighted by Crippen LogP contribution is -2.32. The van der Waals surface area contributed by atoms with Crippen LogP contribution in [0.15, 0.2) is 35.7 Å². The molecule has 0 fully saturated rings. The molecule has 1 heterocycles. The Labute approximate surface area is 146 Å². The predicted octanol–water partition coefficient (Wildman–Crippen LogP) is 2.67. The third-order valence-electron chi connectivity index (χ3n) is 3.32. The SMILES string of the molecule is CCCN(Cc1nc(C(=O)OC)cs1)S(=O)(=O)Cc1ccccc1. The Morgan fingerprint density at radius 3 is 2.62 bits per heavy atom. The number of benzene rings is 1. The monoisotopic (exact) mass is 368 g/mol. The molecule has 6 nitrogen and oxygen atoms in total. The topological polar surface area (TPSA) is 76.6 Å². The van der Waals surface area contributed by atoms with E-state index in [9.17, 15) is 13.2 Å². The average Bonchev–Trinajstić information content (AvgIpc) is 3.03. The molecule has 0 saturated carbocycles. The molecule has 0 saturated heterocycles. The van der Waals surface area contributed by atoms with Crippen molar-refractivity contribution in [2.24, 2.45) is 0 Å². The van der Waals surface area contributed by atoms with Gasteiger partial charge in [0.1, 0.15) is 5.01 Å². The highest BCUT2D eigenvalue weighted by Crippen LogP contribution is 2.18. The Balaban J connectivity index is 2.16. The van der Waals surface area contributed by atoms with E-state index in [1.54, 1.807) is 17.5 Å². The lowest BCUT2D eigenvalue weighted by atomic mass is 10.2. The van der Waals surface area contributed by atoms with Crippen LogP contribution in [0.3, 0.4) is 0 Å². The van der Waals surface area contributed by atoms with Crippen molar-refractivity contribution < 1.29 is 17.9 Å². The molecule has 0 amide bonds. The Morgan fingerprint density at radius 1 is 1.29 bits per heavy atom. The van der Waals surface area contributed by atoms with Crippen LogP contribution in [0.25, 0.3) is 0 Å². The van der Waals surface area contributed by atoms with Gasteiger partial charge in [0.05, 0.1) is 19.4 Å². The van der Waals surface area contributed by atoms with E-state index in [1.165, 1.54) is 22.8 Å². The highest BCUT2D eigenvalue weighted by Gasteiger charge is 2.23. The number of aromatic nitrogens is 1. The van der Waals surface area contributed by atoms with E-state index in [4.69, 9.17) is 0 Å². The standard InChI is InChI=1S/C16H20N2O4S2/c1-3-9-18(10-15-17-14(11-23-15)16(19)22-2)24(20,21)12-13-7-5-4-6-8-13/h4-8,11H,3,9-10,12H2,1-2H3. The molecule has 24 heavy (non-hydrogen) atoms. The van der Waals surface area contributed by atoms with Crippen molar-refractivity contribution in [3.8, 4) is 0 Å². The summed E-state index contributed by atoms with van der Waals surface area (Å²) in [5.41, 5.74) is 0.947.